The summed E-state index contributed by atoms with van der Waals surface area (Å²) >= 11 is 0. The Kier molecular flexibility index (Phi) is 10.5. The molecule has 2 aromatic carbocycles. The Hall–Kier alpha value is -2.00. The van der Waals surface area contributed by atoms with E-state index in [1.165, 1.54) is 0 Å². The van der Waals surface area contributed by atoms with Crippen LogP contribution in [0, 0.1) is 13.8 Å². The van der Waals surface area contributed by atoms with Gasteiger partial charge in [0.05, 0.1) is 46.3 Å². The van der Waals surface area contributed by atoms with Crippen molar-refractivity contribution in [3.8, 4) is 0 Å². The van der Waals surface area contributed by atoms with E-state index in [2.05, 4.69) is 0 Å². The second-order valence-electron chi connectivity index (χ2n) is 9.00. The normalized spacial score (nSPS) is 16.6. The van der Waals surface area contributed by atoms with Crippen molar-refractivity contribution in [1.82, 2.24) is 0 Å². The predicted molar refractivity (Wildman–Crippen MR) is 137 cm³/mol. The smallest absolute Gasteiger partial charge is 0.168 e. The summed E-state index contributed by atoms with van der Waals surface area (Å²) in [5.41, 5.74) is 2.17. The lowest BCUT2D eigenvalue weighted by atomic mass is 10.0. The van der Waals surface area contributed by atoms with Crippen molar-refractivity contribution in [1.29, 1.82) is 0 Å². The topological polar surface area (TPSA) is 86.7 Å². The minimum absolute atomic E-state index is 0.00436. The number of hydrogen-bond donors (Lipinski definition) is 0. The molecule has 1 aliphatic heterocycles. The lowest BCUT2D eigenvalue weighted by Gasteiger charge is -2.27. The highest BCUT2D eigenvalue weighted by molar-refractivity contribution is 7.86. The molecule has 1 saturated heterocycles. The molecule has 35 heavy (non-hydrogen) atoms. The molecule has 0 amide bonds. The van der Waals surface area contributed by atoms with E-state index in [1.54, 1.807) is 24.3 Å². The standard InChI is InChI=1S/C27H34O6S2/c1-21-7-11-25(12-8-21)34(30)19-23(28)5-3-15-27(32-17-18-33-27)16-4-6-24(29)20-35(31)26-13-9-22(2)10-14-26/h7-14H,3-6,15-20H2,1-2H3/t34-,35-/m1/s1. The zero-order valence-corrected chi connectivity index (χ0v) is 22.1. The van der Waals surface area contributed by atoms with Crippen LogP contribution in [0.25, 0.3) is 0 Å². The summed E-state index contributed by atoms with van der Waals surface area (Å²) in [4.78, 5) is 26.1. The molecule has 3 rings (SSSR count). The third-order valence-corrected chi connectivity index (χ3v) is 8.76. The van der Waals surface area contributed by atoms with Crippen LogP contribution in [-0.4, -0.2) is 50.5 Å². The van der Waals surface area contributed by atoms with Crippen LogP contribution in [0.5, 0.6) is 0 Å². The van der Waals surface area contributed by atoms with E-state index < -0.39 is 27.4 Å². The van der Waals surface area contributed by atoms with E-state index in [4.69, 9.17) is 9.47 Å². The van der Waals surface area contributed by atoms with Gasteiger partial charge in [0.2, 0.25) is 0 Å². The van der Waals surface area contributed by atoms with E-state index >= 15 is 0 Å². The predicted octanol–water partition coefficient (Wildman–Crippen LogP) is 4.44. The first-order valence-corrected chi connectivity index (χ1v) is 14.6. The van der Waals surface area contributed by atoms with E-state index in [0.717, 1.165) is 11.1 Å². The fourth-order valence-electron chi connectivity index (χ4n) is 4.00. The zero-order valence-electron chi connectivity index (χ0n) is 20.5. The first kappa shape index (κ1) is 27.6. The molecule has 1 aliphatic rings. The highest BCUT2D eigenvalue weighted by Crippen LogP contribution is 2.31. The van der Waals surface area contributed by atoms with Crippen LogP contribution in [0.2, 0.25) is 0 Å². The first-order valence-electron chi connectivity index (χ1n) is 12.0. The number of Topliss-reactive ketones (excluding diaryl/α,β-unsaturated/α-hetero) is 2. The summed E-state index contributed by atoms with van der Waals surface area (Å²) in [5, 5.41) is 0. The molecule has 2 aromatic rings. The molecule has 0 unspecified atom stereocenters. The van der Waals surface area contributed by atoms with Crippen LogP contribution >= 0.6 is 0 Å². The number of rotatable bonds is 14. The minimum atomic E-state index is -1.34. The van der Waals surface area contributed by atoms with Gasteiger partial charge in [-0.05, 0) is 51.0 Å². The second-order valence-corrected chi connectivity index (χ2v) is 11.9. The Morgan fingerprint density at radius 3 is 1.46 bits per heavy atom. The van der Waals surface area contributed by atoms with Crippen molar-refractivity contribution in [2.45, 2.75) is 68.0 Å². The van der Waals surface area contributed by atoms with Crippen LogP contribution in [-0.2, 0) is 40.7 Å². The molecule has 0 radical (unpaired) electrons. The molecule has 0 aromatic heterocycles. The molecule has 1 fully saturated rings. The molecule has 2 atom stereocenters. The van der Waals surface area contributed by atoms with Crippen molar-refractivity contribution in [3.63, 3.8) is 0 Å². The molecule has 1 heterocycles. The Morgan fingerprint density at radius 1 is 0.714 bits per heavy atom. The van der Waals surface area contributed by atoms with E-state index in [9.17, 15) is 18.0 Å². The van der Waals surface area contributed by atoms with Crippen LogP contribution in [0.4, 0.5) is 0 Å². The monoisotopic (exact) mass is 518 g/mol. The Labute approximate surface area is 212 Å². The van der Waals surface area contributed by atoms with Crippen LogP contribution < -0.4 is 0 Å². The summed E-state index contributed by atoms with van der Waals surface area (Å²) in [6.45, 7) is 4.89. The Bertz CT molecular complexity index is 961. The van der Waals surface area contributed by atoms with Gasteiger partial charge in [0, 0.05) is 35.5 Å². The number of aryl methyl sites for hydroxylation is 2. The molecule has 0 aliphatic carbocycles. The van der Waals surface area contributed by atoms with Crippen molar-refractivity contribution < 1.29 is 27.5 Å². The average Bonchev–Trinajstić information content (AvgIpc) is 3.28. The summed E-state index contributed by atoms with van der Waals surface area (Å²) in [6, 6.07) is 14.7. The van der Waals surface area contributed by atoms with Gasteiger partial charge in [-0.1, -0.05) is 35.4 Å². The Balaban J connectivity index is 1.39. The van der Waals surface area contributed by atoms with Gasteiger partial charge >= 0.3 is 0 Å². The summed E-state index contributed by atoms with van der Waals surface area (Å²) in [7, 11) is -2.68. The van der Waals surface area contributed by atoms with Gasteiger partial charge in [-0.3, -0.25) is 18.0 Å². The maximum atomic E-state index is 12.4. The number of ketones is 2. The molecule has 0 N–H and O–H groups in total. The van der Waals surface area contributed by atoms with E-state index in [-0.39, 0.29) is 23.1 Å². The van der Waals surface area contributed by atoms with Crippen LogP contribution in [0.3, 0.4) is 0 Å². The molecule has 6 nitrogen and oxygen atoms in total. The molecule has 0 saturated carbocycles. The second kappa shape index (κ2) is 13.3. The van der Waals surface area contributed by atoms with Gasteiger partial charge in [0.15, 0.2) is 5.79 Å². The van der Waals surface area contributed by atoms with Gasteiger partial charge in [-0.15, -0.1) is 0 Å². The molecule has 190 valence electrons. The summed E-state index contributed by atoms with van der Waals surface area (Å²) in [6.07, 6.45) is 2.82. The molecular formula is C27H34O6S2. The fourth-order valence-corrected chi connectivity index (χ4v) is 6.09. The fraction of sp³-hybridized carbons (Fsp3) is 0.481. The SMILES string of the molecule is Cc1ccc([S@](=O)CC(=O)CCCC2(CCCC(=O)C[S@@](=O)c3ccc(C)cc3)OCCO2)cc1. The molecular weight excluding hydrogens is 484 g/mol. The highest BCUT2D eigenvalue weighted by atomic mass is 32.2. The van der Waals surface area contributed by atoms with Crippen molar-refractivity contribution in [2.75, 3.05) is 24.7 Å². The van der Waals surface area contributed by atoms with Crippen molar-refractivity contribution >= 4 is 33.2 Å². The zero-order chi connectivity index (χ0) is 25.3. The lowest BCUT2D eigenvalue weighted by molar-refractivity contribution is -0.168. The van der Waals surface area contributed by atoms with Crippen molar-refractivity contribution in [3.05, 3.63) is 59.7 Å². The number of hydrogen-bond acceptors (Lipinski definition) is 6. The first-order chi connectivity index (χ1) is 16.8. The molecule has 0 bridgehead atoms. The Morgan fingerprint density at radius 2 is 1.09 bits per heavy atom. The van der Waals surface area contributed by atoms with Crippen LogP contribution in [0.15, 0.2) is 58.3 Å². The number of benzene rings is 2. The minimum Gasteiger partial charge on any atom is -0.348 e. The van der Waals surface area contributed by atoms with Gasteiger partial charge < -0.3 is 9.47 Å². The summed E-state index contributed by atoms with van der Waals surface area (Å²) in [5.74, 6) is -0.877. The van der Waals surface area contributed by atoms with Crippen LogP contribution in [0.1, 0.15) is 49.7 Å². The quantitative estimate of drug-likeness (QED) is 0.368. The maximum absolute atomic E-state index is 12.4. The van der Waals surface area contributed by atoms with E-state index in [0.29, 0.717) is 61.5 Å². The molecule has 0 spiro atoms. The van der Waals surface area contributed by atoms with Gasteiger partial charge in [0.1, 0.15) is 11.6 Å². The number of carbonyl (C=O) groups excluding carboxylic acids is 2. The maximum Gasteiger partial charge on any atom is 0.168 e. The highest BCUT2D eigenvalue weighted by Gasteiger charge is 2.35. The van der Waals surface area contributed by atoms with E-state index in [1.807, 2.05) is 38.1 Å². The van der Waals surface area contributed by atoms with Gasteiger partial charge in [-0.25, -0.2) is 0 Å². The summed E-state index contributed by atoms with van der Waals surface area (Å²) < 4.78 is 36.6. The largest absolute Gasteiger partial charge is 0.348 e. The van der Waals surface area contributed by atoms with Gasteiger partial charge in [-0.2, -0.15) is 0 Å². The lowest BCUT2D eigenvalue weighted by Crippen LogP contribution is -2.30. The van der Waals surface area contributed by atoms with Gasteiger partial charge in [0.25, 0.3) is 0 Å². The number of ether oxygens (including phenoxy) is 2. The number of carbonyl (C=O) groups is 2. The molecule has 8 heteroatoms. The average molecular weight is 519 g/mol. The van der Waals surface area contributed by atoms with Crippen molar-refractivity contribution in [2.24, 2.45) is 0 Å². The third-order valence-electron chi connectivity index (χ3n) is 5.99. The third kappa shape index (κ3) is 8.86.